The Labute approximate surface area is 124 Å². The predicted molar refractivity (Wildman–Crippen MR) is 79.5 cm³/mol. The van der Waals surface area contributed by atoms with Crippen LogP contribution in [0.25, 0.3) is 22.1 Å². The van der Waals surface area contributed by atoms with Gasteiger partial charge in [-0.2, -0.15) is 0 Å². The number of benzene rings is 2. The Morgan fingerprint density at radius 2 is 1.77 bits per heavy atom. The van der Waals surface area contributed by atoms with Gasteiger partial charge in [0.2, 0.25) is 11.2 Å². The van der Waals surface area contributed by atoms with Gasteiger partial charge in [0.05, 0.1) is 12.7 Å². The standard InChI is InChI=1S/C16H12O6/c1-21-16-11(18)6-12-13(15(16)20)14(19)9(7-22-12)8-4-2-3-5-10(8)17/h2-7,17-18,20H,1H3. The Morgan fingerprint density at radius 3 is 2.45 bits per heavy atom. The van der Waals surface area contributed by atoms with Crippen molar-refractivity contribution < 1.29 is 24.5 Å². The fraction of sp³-hybridized carbons (Fsp3) is 0.0625. The highest BCUT2D eigenvalue weighted by molar-refractivity contribution is 5.91. The normalized spacial score (nSPS) is 10.8. The molecule has 22 heavy (non-hydrogen) atoms. The maximum Gasteiger partial charge on any atom is 0.204 e. The van der Waals surface area contributed by atoms with E-state index in [1.54, 1.807) is 18.2 Å². The molecule has 0 aliphatic rings. The molecule has 0 fully saturated rings. The van der Waals surface area contributed by atoms with Crippen LogP contribution < -0.4 is 10.2 Å². The van der Waals surface area contributed by atoms with Crippen LogP contribution in [0, 0.1) is 0 Å². The molecular weight excluding hydrogens is 288 g/mol. The van der Waals surface area contributed by atoms with Gasteiger partial charge < -0.3 is 24.5 Å². The topological polar surface area (TPSA) is 100 Å². The van der Waals surface area contributed by atoms with Crippen molar-refractivity contribution in [3.8, 4) is 34.1 Å². The van der Waals surface area contributed by atoms with E-state index in [9.17, 15) is 20.1 Å². The van der Waals surface area contributed by atoms with Crippen molar-refractivity contribution in [3.05, 3.63) is 46.8 Å². The first kappa shape index (κ1) is 13.8. The van der Waals surface area contributed by atoms with Crippen LogP contribution in [-0.4, -0.2) is 22.4 Å². The molecule has 6 heteroatoms. The third-order valence-electron chi connectivity index (χ3n) is 3.37. The van der Waals surface area contributed by atoms with Crippen molar-refractivity contribution in [1.82, 2.24) is 0 Å². The summed E-state index contributed by atoms with van der Waals surface area (Å²) in [6, 6.07) is 7.47. The Bertz CT molecular complexity index is 926. The first-order chi connectivity index (χ1) is 10.5. The number of para-hydroxylation sites is 1. The summed E-state index contributed by atoms with van der Waals surface area (Å²) < 4.78 is 10.2. The van der Waals surface area contributed by atoms with Gasteiger partial charge >= 0.3 is 0 Å². The van der Waals surface area contributed by atoms with Gasteiger partial charge in [0.15, 0.2) is 11.5 Å². The molecule has 112 valence electrons. The highest BCUT2D eigenvalue weighted by Gasteiger charge is 2.20. The van der Waals surface area contributed by atoms with Crippen molar-refractivity contribution in [2.45, 2.75) is 0 Å². The van der Waals surface area contributed by atoms with E-state index < -0.39 is 11.2 Å². The molecule has 0 atom stereocenters. The number of ether oxygens (including phenoxy) is 1. The molecule has 1 aromatic heterocycles. The quantitative estimate of drug-likeness (QED) is 0.672. The zero-order chi connectivity index (χ0) is 15.9. The SMILES string of the molecule is COc1c(O)cc2occ(-c3ccccc3O)c(=O)c2c1O. The third kappa shape index (κ3) is 1.93. The predicted octanol–water partition coefficient (Wildman–Crippen LogP) is 2.59. The zero-order valence-corrected chi connectivity index (χ0v) is 11.5. The highest BCUT2D eigenvalue weighted by atomic mass is 16.5. The molecule has 0 bridgehead atoms. The van der Waals surface area contributed by atoms with Gasteiger partial charge in [0, 0.05) is 11.6 Å². The van der Waals surface area contributed by atoms with E-state index in [2.05, 4.69) is 0 Å². The van der Waals surface area contributed by atoms with Crippen molar-refractivity contribution in [3.63, 3.8) is 0 Å². The summed E-state index contributed by atoms with van der Waals surface area (Å²) in [6.45, 7) is 0. The summed E-state index contributed by atoms with van der Waals surface area (Å²) in [4.78, 5) is 12.6. The second-order valence-electron chi connectivity index (χ2n) is 4.65. The molecule has 0 amide bonds. The van der Waals surface area contributed by atoms with Crippen LogP contribution in [0.2, 0.25) is 0 Å². The molecule has 0 saturated carbocycles. The molecule has 0 aliphatic carbocycles. The van der Waals surface area contributed by atoms with Crippen molar-refractivity contribution in [1.29, 1.82) is 0 Å². The Morgan fingerprint density at radius 1 is 1.05 bits per heavy atom. The first-order valence-electron chi connectivity index (χ1n) is 6.37. The smallest absolute Gasteiger partial charge is 0.204 e. The second kappa shape index (κ2) is 5.00. The van der Waals surface area contributed by atoms with Gasteiger partial charge in [-0.3, -0.25) is 4.79 Å². The van der Waals surface area contributed by atoms with Crippen molar-refractivity contribution in [2.24, 2.45) is 0 Å². The molecule has 0 spiro atoms. The molecule has 3 N–H and O–H groups in total. The van der Waals surface area contributed by atoms with Gasteiger partial charge in [-0.1, -0.05) is 18.2 Å². The number of hydrogen-bond acceptors (Lipinski definition) is 6. The lowest BCUT2D eigenvalue weighted by Crippen LogP contribution is -2.05. The summed E-state index contributed by atoms with van der Waals surface area (Å²) in [5.41, 5.74) is -0.156. The number of methoxy groups -OCH3 is 1. The van der Waals surface area contributed by atoms with Gasteiger partial charge in [0.25, 0.3) is 0 Å². The third-order valence-corrected chi connectivity index (χ3v) is 3.37. The summed E-state index contributed by atoms with van der Waals surface area (Å²) in [7, 11) is 1.26. The largest absolute Gasteiger partial charge is 0.507 e. The first-order valence-corrected chi connectivity index (χ1v) is 6.37. The minimum absolute atomic E-state index is 0.0139. The number of hydrogen-bond donors (Lipinski definition) is 3. The van der Waals surface area contributed by atoms with Crippen molar-refractivity contribution >= 4 is 11.0 Å². The second-order valence-corrected chi connectivity index (χ2v) is 4.65. The van der Waals surface area contributed by atoms with Crippen LogP contribution in [0.1, 0.15) is 0 Å². The van der Waals surface area contributed by atoms with E-state index in [-0.39, 0.29) is 39.3 Å². The number of rotatable bonds is 2. The maximum atomic E-state index is 12.6. The Kier molecular flexibility index (Phi) is 3.14. The summed E-state index contributed by atoms with van der Waals surface area (Å²) in [5.74, 6) is -1.15. The Balaban J connectivity index is 2.40. The Hall–Kier alpha value is -3.15. The molecule has 0 saturated heterocycles. The van der Waals surface area contributed by atoms with Crippen molar-refractivity contribution in [2.75, 3.05) is 7.11 Å². The molecule has 1 heterocycles. The molecule has 2 aromatic carbocycles. The van der Waals surface area contributed by atoms with E-state index in [1.807, 2.05) is 0 Å². The van der Waals surface area contributed by atoms with Crippen LogP contribution in [0.15, 0.2) is 45.8 Å². The minimum atomic E-state index is -0.543. The van der Waals surface area contributed by atoms with E-state index >= 15 is 0 Å². The summed E-state index contributed by atoms with van der Waals surface area (Å²) in [6.07, 6.45) is 1.17. The molecule has 3 rings (SSSR count). The average Bonchev–Trinajstić information content (AvgIpc) is 2.48. The molecular formula is C16H12O6. The van der Waals surface area contributed by atoms with Gasteiger partial charge in [-0.15, -0.1) is 0 Å². The van der Waals surface area contributed by atoms with E-state index in [1.165, 1.54) is 25.5 Å². The number of aromatic hydroxyl groups is 3. The molecule has 0 radical (unpaired) electrons. The number of phenolic OH excluding ortho intramolecular Hbond substituents is 3. The molecule has 0 aliphatic heterocycles. The van der Waals surface area contributed by atoms with E-state index in [4.69, 9.17) is 9.15 Å². The molecule has 3 aromatic rings. The fourth-order valence-corrected chi connectivity index (χ4v) is 2.32. The number of phenols is 3. The van der Waals surface area contributed by atoms with Gasteiger partial charge in [0.1, 0.15) is 23.0 Å². The maximum absolute atomic E-state index is 12.6. The van der Waals surface area contributed by atoms with Gasteiger partial charge in [-0.05, 0) is 6.07 Å². The summed E-state index contributed by atoms with van der Waals surface area (Å²) in [5, 5.41) is 29.6. The van der Waals surface area contributed by atoms with Gasteiger partial charge in [-0.25, -0.2) is 0 Å². The lowest BCUT2D eigenvalue weighted by Gasteiger charge is -2.09. The minimum Gasteiger partial charge on any atom is -0.507 e. The van der Waals surface area contributed by atoms with Crippen LogP contribution in [0.3, 0.4) is 0 Å². The summed E-state index contributed by atoms with van der Waals surface area (Å²) >= 11 is 0. The highest BCUT2D eigenvalue weighted by Crippen LogP contribution is 2.41. The molecule has 0 unspecified atom stereocenters. The fourth-order valence-electron chi connectivity index (χ4n) is 2.32. The van der Waals surface area contributed by atoms with Crippen LogP contribution >= 0.6 is 0 Å². The number of fused-ring (bicyclic) bond motifs is 1. The van der Waals surface area contributed by atoms with E-state index in [0.29, 0.717) is 0 Å². The van der Waals surface area contributed by atoms with Crippen LogP contribution in [-0.2, 0) is 0 Å². The lowest BCUT2D eigenvalue weighted by atomic mass is 10.0. The van der Waals surface area contributed by atoms with E-state index in [0.717, 1.165) is 0 Å². The van der Waals surface area contributed by atoms with Crippen LogP contribution in [0.4, 0.5) is 0 Å². The molecule has 6 nitrogen and oxygen atoms in total. The lowest BCUT2D eigenvalue weighted by molar-refractivity contribution is 0.346. The average molecular weight is 300 g/mol. The monoisotopic (exact) mass is 300 g/mol. The zero-order valence-electron chi connectivity index (χ0n) is 11.5. The van der Waals surface area contributed by atoms with Crippen LogP contribution in [0.5, 0.6) is 23.0 Å².